The average molecular weight is 363 g/mol. The smallest absolute Gasteiger partial charge is 0.175 e. The van der Waals surface area contributed by atoms with Crippen molar-refractivity contribution in [3.8, 4) is 11.5 Å². The highest BCUT2D eigenvalue weighted by molar-refractivity contribution is 9.10. The quantitative estimate of drug-likeness (QED) is 0.602. The van der Waals surface area contributed by atoms with E-state index in [9.17, 15) is 0 Å². The molecule has 2 aromatic rings. The molecule has 4 nitrogen and oxygen atoms in total. The number of ether oxygens (including phenoxy) is 2. The largest absolute Gasteiger partial charge is 0.493 e. The van der Waals surface area contributed by atoms with Gasteiger partial charge >= 0.3 is 0 Å². The number of aryl methyl sites for hydroxylation is 1. The molecule has 22 heavy (non-hydrogen) atoms. The molecule has 0 aliphatic carbocycles. The van der Waals surface area contributed by atoms with E-state index in [1.807, 2.05) is 43.3 Å². The number of benzene rings is 2. The molecule has 0 aliphatic heterocycles. The molecule has 0 saturated carbocycles. The molecule has 2 rings (SSSR count). The standard InChI is InChI=1S/C17H19BrN2O2/c1-4-22-17-15(18)9-13(10-16(17)21-3)11-19-20-14-7-5-12(2)6-8-14/h5-11,20H,4H2,1-3H3/b19-11-. The Morgan fingerprint density at radius 2 is 1.95 bits per heavy atom. The van der Waals surface area contributed by atoms with Gasteiger partial charge in [-0.25, -0.2) is 0 Å². The number of hydrogen-bond acceptors (Lipinski definition) is 4. The molecule has 0 saturated heterocycles. The highest BCUT2D eigenvalue weighted by atomic mass is 79.9. The number of halogens is 1. The van der Waals surface area contributed by atoms with Gasteiger partial charge in [0, 0.05) is 0 Å². The Hall–Kier alpha value is -2.01. The molecule has 0 heterocycles. The van der Waals surface area contributed by atoms with Crippen LogP contribution in [0.4, 0.5) is 5.69 Å². The van der Waals surface area contributed by atoms with Gasteiger partial charge in [0.2, 0.25) is 0 Å². The molecule has 116 valence electrons. The molecule has 0 unspecified atom stereocenters. The summed E-state index contributed by atoms with van der Waals surface area (Å²) >= 11 is 3.50. The van der Waals surface area contributed by atoms with Gasteiger partial charge in [-0.15, -0.1) is 0 Å². The van der Waals surface area contributed by atoms with Crippen molar-refractivity contribution in [1.29, 1.82) is 0 Å². The second kappa shape index (κ2) is 7.84. The minimum atomic E-state index is 0.581. The first-order valence-electron chi connectivity index (χ1n) is 7.00. The molecule has 1 N–H and O–H groups in total. The lowest BCUT2D eigenvalue weighted by Crippen LogP contribution is -1.98. The van der Waals surface area contributed by atoms with Crippen molar-refractivity contribution in [2.24, 2.45) is 5.10 Å². The summed E-state index contributed by atoms with van der Waals surface area (Å²) in [5, 5.41) is 4.24. The van der Waals surface area contributed by atoms with Gasteiger partial charge in [-0.3, -0.25) is 5.43 Å². The summed E-state index contributed by atoms with van der Waals surface area (Å²) < 4.78 is 11.8. The van der Waals surface area contributed by atoms with Crippen LogP contribution in [0.3, 0.4) is 0 Å². The Kier molecular flexibility index (Phi) is 5.83. The summed E-state index contributed by atoms with van der Waals surface area (Å²) in [5.41, 5.74) is 6.07. The van der Waals surface area contributed by atoms with Crippen LogP contribution < -0.4 is 14.9 Å². The normalized spacial score (nSPS) is 10.7. The van der Waals surface area contributed by atoms with E-state index in [0.717, 1.165) is 15.7 Å². The zero-order valence-electron chi connectivity index (χ0n) is 12.9. The molecule has 0 aliphatic rings. The molecule has 0 atom stereocenters. The molecular weight excluding hydrogens is 344 g/mol. The van der Waals surface area contributed by atoms with E-state index >= 15 is 0 Å². The first-order chi connectivity index (χ1) is 10.6. The summed E-state index contributed by atoms with van der Waals surface area (Å²) in [7, 11) is 1.62. The van der Waals surface area contributed by atoms with Crippen molar-refractivity contribution in [3.63, 3.8) is 0 Å². The lowest BCUT2D eigenvalue weighted by molar-refractivity contribution is 0.309. The third-order valence-electron chi connectivity index (χ3n) is 3.00. The summed E-state index contributed by atoms with van der Waals surface area (Å²) in [6.45, 7) is 4.57. The van der Waals surface area contributed by atoms with E-state index in [2.05, 4.69) is 33.4 Å². The van der Waals surface area contributed by atoms with E-state index in [-0.39, 0.29) is 0 Å². The van der Waals surface area contributed by atoms with Crippen LogP contribution in [-0.4, -0.2) is 19.9 Å². The van der Waals surface area contributed by atoms with Gasteiger partial charge in [0.25, 0.3) is 0 Å². The second-order valence-electron chi connectivity index (χ2n) is 4.70. The van der Waals surface area contributed by atoms with Crippen molar-refractivity contribution in [2.75, 3.05) is 19.1 Å². The molecular formula is C17H19BrN2O2. The predicted octanol–water partition coefficient (Wildman–Crippen LogP) is 4.61. The predicted molar refractivity (Wildman–Crippen MR) is 94.3 cm³/mol. The Morgan fingerprint density at radius 1 is 1.23 bits per heavy atom. The van der Waals surface area contributed by atoms with Gasteiger partial charge < -0.3 is 9.47 Å². The summed E-state index contributed by atoms with van der Waals surface area (Å²) in [5.74, 6) is 1.38. The SMILES string of the molecule is CCOc1c(Br)cc(/C=N\Nc2ccc(C)cc2)cc1OC. The van der Waals surface area contributed by atoms with Gasteiger partial charge in [0.1, 0.15) is 0 Å². The molecule has 5 heteroatoms. The summed E-state index contributed by atoms with van der Waals surface area (Å²) in [6.07, 6.45) is 1.74. The molecule has 0 radical (unpaired) electrons. The van der Waals surface area contributed by atoms with E-state index in [0.29, 0.717) is 18.1 Å². The Labute approximate surface area is 139 Å². The zero-order valence-corrected chi connectivity index (χ0v) is 14.5. The third kappa shape index (κ3) is 4.24. The molecule has 2 aromatic carbocycles. The Morgan fingerprint density at radius 3 is 2.59 bits per heavy atom. The highest BCUT2D eigenvalue weighted by Gasteiger charge is 2.10. The second-order valence-corrected chi connectivity index (χ2v) is 5.56. The number of nitrogens with one attached hydrogen (secondary N) is 1. The van der Waals surface area contributed by atoms with Crippen molar-refractivity contribution in [2.45, 2.75) is 13.8 Å². The van der Waals surface area contributed by atoms with Gasteiger partial charge in [0.15, 0.2) is 11.5 Å². The van der Waals surface area contributed by atoms with E-state index in [1.165, 1.54) is 5.56 Å². The maximum Gasteiger partial charge on any atom is 0.175 e. The van der Waals surface area contributed by atoms with Crippen LogP contribution in [0.15, 0.2) is 46.0 Å². The van der Waals surface area contributed by atoms with Crippen molar-refractivity contribution < 1.29 is 9.47 Å². The van der Waals surface area contributed by atoms with Crippen LogP contribution in [-0.2, 0) is 0 Å². The van der Waals surface area contributed by atoms with Gasteiger partial charge in [-0.1, -0.05) is 17.7 Å². The topological polar surface area (TPSA) is 42.8 Å². The number of hydrazone groups is 1. The Balaban J connectivity index is 2.13. The maximum absolute atomic E-state index is 5.57. The van der Waals surface area contributed by atoms with Crippen molar-refractivity contribution >= 4 is 27.8 Å². The zero-order chi connectivity index (χ0) is 15.9. The first kappa shape index (κ1) is 16.4. The van der Waals surface area contributed by atoms with Crippen LogP contribution in [0.2, 0.25) is 0 Å². The van der Waals surface area contributed by atoms with E-state index in [4.69, 9.17) is 9.47 Å². The van der Waals surface area contributed by atoms with E-state index in [1.54, 1.807) is 13.3 Å². The molecule has 0 fully saturated rings. The fraction of sp³-hybridized carbons (Fsp3) is 0.235. The summed E-state index contributed by atoms with van der Waals surface area (Å²) in [4.78, 5) is 0. The van der Waals surface area contributed by atoms with Gasteiger partial charge in [-0.05, 0) is 59.6 Å². The van der Waals surface area contributed by atoms with Crippen LogP contribution in [0.5, 0.6) is 11.5 Å². The maximum atomic E-state index is 5.57. The average Bonchev–Trinajstić information content (AvgIpc) is 2.51. The fourth-order valence-corrected chi connectivity index (χ4v) is 2.48. The highest BCUT2D eigenvalue weighted by Crippen LogP contribution is 2.36. The number of methoxy groups -OCH3 is 1. The number of nitrogens with zero attached hydrogens (tertiary/aromatic N) is 1. The number of rotatable bonds is 6. The fourth-order valence-electron chi connectivity index (χ4n) is 1.91. The molecule has 0 spiro atoms. The number of anilines is 1. The minimum absolute atomic E-state index is 0.581. The molecule has 0 amide bonds. The first-order valence-corrected chi connectivity index (χ1v) is 7.79. The lowest BCUT2D eigenvalue weighted by Gasteiger charge is -2.12. The Bertz CT molecular complexity index is 654. The van der Waals surface area contributed by atoms with Gasteiger partial charge in [-0.2, -0.15) is 5.10 Å². The van der Waals surface area contributed by atoms with Crippen molar-refractivity contribution in [3.05, 3.63) is 52.0 Å². The number of hydrogen-bond donors (Lipinski definition) is 1. The van der Waals surface area contributed by atoms with Gasteiger partial charge in [0.05, 0.1) is 30.1 Å². The summed E-state index contributed by atoms with van der Waals surface area (Å²) in [6, 6.07) is 11.9. The molecule has 0 bridgehead atoms. The van der Waals surface area contributed by atoms with Crippen molar-refractivity contribution in [1.82, 2.24) is 0 Å². The molecule has 0 aromatic heterocycles. The third-order valence-corrected chi connectivity index (χ3v) is 3.59. The van der Waals surface area contributed by atoms with Crippen LogP contribution in [0, 0.1) is 6.92 Å². The van der Waals surface area contributed by atoms with E-state index < -0.39 is 0 Å². The minimum Gasteiger partial charge on any atom is -0.493 e. The van der Waals surface area contributed by atoms with Crippen LogP contribution in [0.25, 0.3) is 0 Å². The van der Waals surface area contributed by atoms with Crippen LogP contribution >= 0.6 is 15.9 Å². The monoisotopic (exact) mass is 362 g/mol. The lowest BCUT2D eigenvalue weighted by atomic mass is 10.2. The van der Waals surface area contributed by atoms with Crippen LogP contribution in [0.1, 0.15) is 18.1 Å².